The lowest BCUT2D eigenvalue weighted by Gasteiger charge is -2.28. The van der Waals surface area contributed by atoms with E-state index in [2.05, 4.69) is 5.32 Å². The van der Waals surface area contributed by atoms with Crippen LogP contribution in [0.2, 0.25) is 0 Å². The Morgan fingerprint density at radius 1 is 1.24 bits per heavy atom. The molecule has 0 aromatic heterocycles. The molecule has 1 fully saturated rings. The number of benzene rings is 1. The van der Waals surface area contributed by atoms with Gasteiger partial charge >= 0.3 is 6.18 Å². The van der Waals surface area contributed by atoms with E-state index >= 15 is 0 Å². The van der Waals surface area contributed by atoms with E-state index < -0.39 is 41.2 Å². The zero-order valence-electron chi connectivity index (χ0n) is 11.1. The van der Waals surface area contributed by atoms with Crippen LogP contribution < -0.4 is 5.32 Å². The number of rotatable bonds is 2. The van der Waals surface area contributed by atoms with Gasteiger partial charge in [0.2, 0.25) is 0 Å². The van der Waals surface area contributed by atoms with Gasteiger partial charge in [-0.2, -0.15) is 13.2 Å². The molecule has 1 amide bonds. The molecule has 0 saturated heterocycles. The van der Waals surface area contributed by atoms with Crippen molar-refractivity contribution in [2.45, 2.75) is 44.0 Å². The molecule has 21 heavy (non-hydrogen) atoms. The van der Waals surface area contributed by atoms with Crippen molar-refractivity contribution in [3.8, 4) is 0 Å². The van der Waals surface area contributed by atoms with Gasteiger partial charge in [0, 0.05) is 0 Å². The first-order valence-electron chi connectivity index (χ1n) is 6.64. The number of amides is 1. The number of aliphatic hydroxyl groups excluding tert-OH is 1. The van der Waals surface area contributed by atoms with Crippen LogP contribution >= 0.6 is 0 Å². The highest BCUT2D eigenvalue weighted by Gasteiger charge is 2.32. The maximum Gasteiger partial charge on any atom is 0.416 e. The quantitative estimate of drug-likeness (QED) is 0.826. The van der Waals surface area contributed by atoms with Crippen LogP contribution in [0.15, 0.2) is 18.2 Å². The van der Waals surface area contributed by atoms with E-state index in [4.69, 9.17) is 0 Å². The smallest absolute Gasteiger partial charge is 0.391 e. The predicted octanol–water partition coefficient (Wildman–Crippen LogP) is 2.88. The fourth-order valence-corrected chi connectivity index (χ4v) is 2.40. The van der Waals surface area contributed by atoms with Crippen molar-refractivity contribution >= 4 is 5.91 Å². The number of nitrogens with one attached hydrogen (secondary N) is 1. The number of aliphatic hydroxyl groups is 1. The number of carbonyl (C=O) groups is 1. The minimum Gasteiger partial charge on any atom is -0.391 e. The highest BCUT2D eigenvalue weighted by molar-refractivity contribution is 5.94. The SMILES string of the molecule is O=C(NC1CCCCC1O)c1cc(C(F)(F)F)ccc1F. The molecule has 1 aromatic rings. The molecule has 2 unspecified atom stereocenters. The van der Waals surface area contributed by atoms with Crippen molar-refractivity contribution in [3.05, 3.63) is 35.1 Å². The van der Waals surface area contributed by atoms with Gasteiger partial charge in [0.25, 0.3) is 5.91 Å². The second-order valence-electron chi connectivity index (χ2n) is 5.12. The van der Waals surface area contributed by atoms with Gasteiger partial charge in [0.1, 0.15) is 5.82 Å². The van der Waals surface area contributed by atoms with Crippen LogP contribution in [0.3, 0.4) is 0 Å². The third-order valence-electron chi connectivity index (χ3n) is 3.58. The lowest BCUT2D eigenvalue weighted by atomic mass is 9.92. The maximum atomic E-state index is 13.6. The fraction of sp³-hybridized carbons (Fsp3) is 0.500. The number of alkyl halides is 3. The van der Waals surface area contributed by atoms with Gasteiger partial charge in [0.15, 0.2) is 0 Å². The molecule has 3 nitrogen and oxygen atoms in total. The second kappa shape index (κ2) is 6.01. The Kier molecular flexibility index (Phi) is 4.51. The first kappa shape index (κ1) is 15.8. The van der Waals surface area contributed by atoms with Gasteiger partial charge in [-0.1, -0.05) is 12.8 Å². The largest absolute Gasteiger partial charge is 0.416 e. The summed E-state index contributed by atoms with van der Waals surface area (Å²) in [6.45, 7) is 0. The number of hydrogen-bond acceptors (Lipinski definition) is 2. The van der Waals surface area contributed by atoms with E-state index in [1.807, 2.05) is 0 Å². The van der Waals surface area contributed by atoms with Crippen molar-refractivity contribution in [1.29, 1.82) is 0 Å². The van der Waals surface area contributed by atoms with Crippen molar-refractivity contribution in [2.75, 3.05) is 0 Å². The minimum atomic E-state index is -4.65. The number of carbonyl (C=O) groups excluding carboxylic acids is 1. The highest BCUT2D eigenvalue weighted by Crippen LogP contribution is 2.30. The lowest BCUT2D eigenvalue weighted by Crippen LogP contribution is -2.45. The molecule has 1 aliphatic rings. The van der Waals surface area contributed by atoms with Crippen LogP contribution in [0.1, 0.15) is 41.6 Å². The molecule has 1 saturated carbocycles. The summed E-state index contributed by atoms with van der Waals surface area (Å²) in [6, 6.07) is 1.14. The molecule has 0 bridgehead atoms. The van der Waals surface area contributed by atoms with Gasteiger partial charge in [-0.05, 0) is 31.0 Å². The molecule has 0 spiro atoms. The van der Waals surface area contributed by atoms with Crippen molar-refractivity contribution in [2.24, 2.45) is 0 Å². The Morgan fingerprint density at radius 3 is 2.52 bits per heavy atom. The average Bonchev–Trinajstić information content (AvgIpc) is 2.40. The van der Waals surface area contributed by atoms with Crippen LogP contribution in [0.25, 0.3) is 0 Å². The minimum absolute atomic E-state index is 0.486. The number of hydrogen-bond donors (Lipinski definition) is 2. The fourth-order valence-electron chi connectivity index (χ4n) is 2.40. The van der Waals surface area contributed by atoms with Crippen molar-refractivity contribution < 1.29 is 27.5 Å². The van der Waals surface area contributed by atoms with Crippen LogP contribution in [-0.2, 0) is 6.18 Å². The molecule has 0 radical (unpaired) electrons. The molecule has 116 valence electrons. The molecule has 2 atom stereocenters. The maximum absolute atomic E-state index is 13.6. The summed E-state index contributed by atoms with van der Waals surface area (Å²) in [4.78, 5) is 11.9. The lowest BCUT2D eigenvalue weighted by molar-refractivity contribution is -0.137. The summed E-state index contributed by atoms with van der Waals surface area (Å²) in [5.74, 6) is -1.96. The van der Waals surface area contributed by atoms with Crippen LogP contribution in [0.5, 0.6) is 0 Å². The third kappa shape index (κ3) is 3.72. The average molecular weight is 305 g/mol. The van der Waals surface area contributed by atoms with Gasteiger partial charge in [-0.3, -0.25) is 4.79 Å². The van der Waals surface area contributed by atoms with E-state index in [1.165, 1.54) is 0 Å². The molecule has 2 rings (SSSR count). The molecule has 0 aliphatic heterocycles. The molecule has 1 aliphatic carbocycles. The van der Waals surface area contributed by atoms with Crippen LogP contribution in [0, 0.1) is 5.82 Å². The van der Waals surface area contributed by atoms with E-state index in [9.17, 15) is 27.5 Å². The Hall–Kier alpha value is -1.63. The summed E-state index contributed by atoms with van der Waals surface area (Å²) in [7, 11) is 0. The summed E-state index contributed by atoms with van der Waals surface area (Å²) in [6.07, 6.45) is -2.74. The van der Waals surface area contributed by atoms with Gasteiger partial charge in [-0.25, -0.2) is 4.39 Å². The third-order valence-corrected chi connectivity index (χ3v) is 3.58. The number of halogens is 4. The van der Waals surface area contributed by atoms with Crippen molar-refractivity contribution in [1.82, 2.24) is 5.32 Å². The van der Waals surface area contributed by atoms with E-state index in [0.717, 1.165) is 12.8 Å². The Bertz CT molecular complexity index is 530. The molecule has 1 aromatic carbocycles. The van der Waals surface area contributed by atoms with Crippen molar-refractivity contribution in [3.63, 3.8) is 0 Å². The van der Waals surface area contributed by atoms with E-state index in [1.54, 1.807) is 0 Å². The zero-order valence-corrected chi connectivity index (χ0v) is 11.1. The zero-order chi connectivity index (χ0) is 15.6. The molecular weight excluding hydrogens is 290 g/mol. The molecule has 0 heterocycles. The normalized spacial score (nSPS) is 22.9. The van der Waals surface area contributed by atoms with Gasteiger partial charge < -0.3 is 10.4 Å². The standard InChI is InChI=1S/C14H15F4NO2/c15-10-6-5-8(14(16,17)18)7-9(10)13(21)19-11-3-1-2-4-12(11)20/h5-7,11-12,20H,1-4H2,(H,19,21). The first-order valence-corrected chi connectivity index (χ1v) is 6.64. The Morgan fingerprint density at radius 2 is 1.90 bits per heavy atom. The van der Waals surface area contributed by atoms with E-state index in [-0.39, 0.29) is 0 Å². The first-order chi connectivity index (χ1) is 9.79. The Labute approximate surface area is 119 Å². The summed E-state index contributed by atoms with van der Waals surface area (Å²) in [5, 5.41) is 12.1. The summed E-state index contributed by atoms with van der Waals surface area (Å²) >= 11 is 0. The predicted molar refractivity (Wildman–Crippen MR) is 67.1 cm³/mol. The monoisotopic (exact) mass is 305 g/mol. The van der Waals surface area contributed by atoms with E-state index in [0.29, 0.717) is 31.0 Å². The second-order valence-corrected chi connectivity index (χ2v) is 5.12. The summed E-state index contributed by atoms with van der Waals surface area (Å²) in [5.41, 5.74) is -1.75. The molecule has 2 N–H and O–H groups in total. The Balaban J connectivity index is 2.18. The van der Waals surface area contributed by atoms with Crippen LogP contribution in [-0.4, -0.2) is 23.2 Å². The highest BCUT2D eigenvalue weighted by atomic mass is 19.4. The topological polar surface area (TPSA) is 49.3 Å². The van der Waals surface area contributed by atoms with Gasteiger partial charge in [0.05, 0.1) is 23.3 Å². The van der Waals surface area contributed by atoms with Crippen LogP contribution in [0.4, 0.5) is 17.6 Å². The molecule has 7 heteroatoms. The summed E-state index contributed by atoms with van der Waals surface area (Å²) < 4.78 is 51.3. The van der Waals surface area contributed by atoms with Gasteiger partial charge in [-0.15, -0.1) is 0 Å². The molecular formula is C14H15F4NO2.